The van der Waals surface area contributed by atoms with Gasteiger partial charge in [0.1, 0.15) is 98.7 Å². The molecule has 1 saturated carbocycles. The molecule has 0 amide bonds. The summed E-state index contributed by atoms with van der Waals surface area (Å²) in [7, 11) is -5.69. The molecule has 0 aromatic heterocycles. The predicted molar refractivity (Wildman–Crippen MR) is 375 cm³/mol. The van der Waals surface area contributed by atoms with E-state index in [9.17, 15) is 74.9 Å². The van der Waals surface area contributed by atoms with Gasteiger partial charge in [-0.05, 0) is 44.9 Å². The Morgan fingerprint density at radius 3 is 1.10 bits per heavy atom. The van der Waals surface area contributed by atoms with E-state index >= 15 is 0 Å². The second-order valence-electron chi connectivity index (χ2n) is 28.1. The summed E-state index contributed by atoms with van der Waals surface area (Å²) in [5, 5.41) is 110. The summed E-state index contributed by atoms with van der Waals surface area (Å²) in [4.78, 5) is 51.1. The molecular weight excluding hydrogens is 1300 g/mol. The lowest BCUT2D eigenvalue weighted by Crippen LogP contribution is -2.69. The molecule has 25 heteroatoms. The quantitative estimate of drug-likeness (QED) is 0.00886. The largest absolute Gasteiger partial charge is 0.472 e. The Bertz CT molecular complexity index is 2090. The number of esters is 3. The minimum atomic E-state index is -5.69. The van der Waals surface area contributed by atoms with Crippen LogP contribution in [0.5, 0.6) is 0 Å². The van der Waals surface area contributed by atoms with Gasteiger partial charge in [-0.3, -0.25) is 23.4 Å². The Kier molecular flexibility index (Phi) is 51.5. The van der Waals surface area contributed by atoms with Crippen molar-refractivity contribution in [1.82, 2.24) is 0 Å². The van der Waals surface area contributed by atoms with Crippen LogP contribution >= 0.6 is 7.82 Å². The molecule has 24 nitrogen and oxygen atoms in total. The fraction of sp³-hybridized carbons (Fsp3) is 0.932. The molecule has 0 aromatic carbocycles. The van der Waals surface area contributed by atoms with E-state index in [-0.39, 0.29) is 19.3 Å². The van der Waals surface area contributed by atoms with Gasteiger partial charge in [0.2, 0.25) is 0 Å². The van der Waals surface area contributed by atoms with Gasteiger partial charge >= 0.3 is 25.7 Å². The summed E-state index contributed by atoms with van der Waals surface area (Å²) in [6.07, 6.45) is 15.4. The number of carbonyl (C=O) groups excluding carboxylic acids is 3. The highest BCUT2D eigenvalue weighted by molar-refractivity contribution is 7.47. The Morgan fingerprint density at radius 1 is 0.384 bits per heavy atom. The molecule has 3 fully saturated rings. The van der Waals surface area contributed by atoms with Crippen LogP contribution in [-0.2, 0) is 61.2 Å². The highest BCUT2D eigenvalue weighted by Crippen LogP contribution is 2.49. The maximum absolute atomic E-state index is 14.3. The van der Waals surface area contributed by atoms with Gasteiger partial charge < -0.3 is 89.1 Å². The van der Waals surface area contributed by atoms with Crippen LogP contribution in [0.4, 0.5) is 0 Å². The van der Waals surface area contributed by atoms with Crippen LogP contribution in [0.2, 0.25) is 0 Å². The number of phosphoric acid groups is 1. The molecule has 582 valence electrons. The summed E-state index contributed by atoms with van der Waals surface area (Å²) < 4.78 is 65.1. The molecule has 3 aliphatic rings. The molecule has 11 N–H and O–H groups in total. The summed E-state index contributed by atoms with van der Waals surface area (Å²) in [5.41, 5.74) is 0. The van der Waals surface area contributed by atoms with Crippen LogP contribution < -0.4 is 0 Å². The van der Waals surface area contributed by atoms with Gasteiger partial charge in [-0.2, -0.15) is 0 Å². The molecule has 3 rings (SSSR count). The molecule has 18 atom stereocenters. The van der Waals surface area contributed by atoms with Crippen molar-refractivity contribution in [3.63, 3.8) is 0 Å². The number of ether oxygens (including phenoxy) is 7. The van der Waals surface area contributed by atoms with E-state index < -0.39 is 156 Å². The molecule has 2 heterocycles. The van der Waals surface area contributed by atoms with Gasteiger partial charge in [0.25, 0.3) is 0 Å². The third-order valence-corrected chi connectivity index (χ3v) is 20.3. The molecule has 0 spiro atoms. The van der Waals surface area contributed by atoms with Crippen LogP contribution in [0.15, 0.2) is 12.2 Å². The van der Waals surface area contributed by atoms with Crippen molar-refractivity contribution in [1.29, 1.82) is 0 Å². The monoisotopic (exact) mass is 1440 g/mol. The van der Waals surface area contributed by atoms with Gasteiger partial charge in [-0.25, -0.2) is 4.57 Å². The molecule has 99 heavy (non-hydrogen) atoms. The lowest BCUT2D eigenvalue weighted by atomic mass is 9.84. The first kappa shape index (κ1) is 90.9. The average molecular weight is 1440 g/mol. The van der Waals surface area contributed by atoms with Crippen molar-refractivity contribution in [3.05, 3.63) is 12.2 Å². The van der Waals surface area contributed by atoms with Gasteiger partial charge in [0.05, 0.1) is 13.2 Å². The maximum atomic E-state index is 14.3. The molecule has 18 unspecified atom stereocenters. The van der Waals surface area contributed by atoms with Gasteiger partial charge in [0.15, 0.2) is 18.7 Å². The van der Waals surface area contributed by atoms with Crippen molar-refractivity contribution in [3.8, 4) is 0 Å². The lowest BCUT2D eigenvalue weighted by Gasteiger charge is -2.49. The third kappa shape index (κ3) is 39.0. The molecule has 0 radical (unpaired) electrons. The SMILES string of the molecule is CCCCCC/C=C\CCCCCCCCCC(=O)OCC1OC(OC2C(O)C(O)C(O)C(OC3OC(CO)C(O)C(O)C3O)C2OP(=O)(O)OCC(COC(=O)CCCCCCCCCCCCCCCC)OC(=O)CCCCCCCCCCCCCCCCC)C(O)C(O)C1O. The summed E-state index contributed by atoms with van der Waals surface area (Å²) in [5.74, 6) is -1.98. The van der Waals surface area contributed by atoms with E-state index in [1.54, 1.807) is 0 Å². The van der Waals surface area contributed by atoms with Crippen LogP contribution in [0, 0.1) is 0 Å². The smallest absolute Gasteiger partial charge is 0.463 e. The first-order valence-electron chi connectivity index (χ1n) is 39.0. The highest BCUT2D eigenvalue weighted by Gasteiger charge is 2.58. The summed E-state index contributed by atoms with van der Waals surface area (Å²) >= 11 is 0. The van der Waals surface area contributed by atoms with Gasteiger partial charge in [0, 0.05) is 19.3 Å². The van der Waals surface area contributed by atoms with Crippen molar-refractivity contribution < 1.29 is 117 Å². The molecule has 2 saturated heterocycles. The summed E-state index contributed by atoms with van der Waals surface area (Å²) in [6, 6.07) is 0. The molecule has 1 aliphatic carbocycles. The molecular formula is C74H137O24P. The van der Waals surface area contributed by atoms with E-state index in [1.807, 2.05) is 0 Å². The fourth-order valence-corrected chi connectivity index (χ4v) is 13.9. The van der Waals surface area contributed by atoms with Crippen molar-refractivity contribution >= 4 is 25.7 Å². The Labute approximate surface area is 592 Å². The number of unbranched alkanes of at least 4 members (excludes halogenated alkanes) is 38. The van der Waals surface area contributed by atoms with Crippen LogP contribution in [0.1, 0.15) is 310 Å². The average Bonchev–Trinajstić information content (AvgIpc) is 0.763. The standard InChI is InChI=1S/C74H137O24P/c1-4-7-10-13-16-19-22-25-28-31-34-37-40-43-46-49-59(77)91-54-57-62(80)64(82)69(87)74(95-57)97-71-67(85)65(83)66(84)70(96-73-68(86)63(81)61(79)56(51-75)94-73)72(71)98-99(88,89)92-53-55(52-90-58(76)48-45-42-39-36-33-30-27-24-21-18-15-12-9-6-3)93-60(78)50-47-44-41-38-35-32-29-26-23-20-17-14-11-8-5-2/h19,22,55-57,61-75,79-87H,4-18,20-21,23-54H2,1-3H3,(H,88,89)/b22-19-. The lowest BCUT2D eigenvalue weighted by molar-refractivity contribution is -0.360. The third-order valence-electron chi connectivity index (χ3n) is 19.3. The van der Waals surface area contributed by atoms with Crippen molar-refractivity contribution in [2.75, 3.05) is 26.4 Å². The van der Waals surface area contributed by atoms with Crippen LogP contribution in [-0.4, -0.2) is 204 Å². The highest BCUT2D eigenvalue weighted by atomic mass is 31.2. The number of aliphatic hydroxyl groups excluding tert-OH is 10. The maximum Gasteiger partial charge on any atom is 0.472 e. The second kappa shape index (κ2) is 56.1. The normalized spacial score (nSPS) is 27.5. The van der Waals surface area contributed by atoms with E-state index in [1.165, 1.54) is 141 Å². The summed E-state index contributed by atoms with van der Waals surface area (Å²) in [6.45, 7) is 3.46. The number of hydrogen-bond donors (Lipinski definition) is 11. The first-order chi connectivity index (χ1) is 47.8. The van der Waals surface area contributed by atoms with Crippen molar-refractivity contribution in [2.45, 2.75) is 414 Å². The van der Waals surface area contributed by atoms with E-state index in [2.05, 4.69) is 32.9 Å². The van der Waals surface area contributed by atoms with E-state index in [0.717, 1.165) is 109 Å². The number of rotatable bonds is 61. The zero-order valence-corrected chi connectivity index (χ0v) is 61.7. The van der Waals surface area contributed by atoms with E-state index in [4.69, 9.17) is 42.2 Å². The first-order valence-corrected chi connectivity index (χ1v) is 40.5. The van der Waals surface area contributed by atoms with Crippen molar-refractivity contribution in [2.24, 2.45) is 0 Å². The minimum absolute atomic E-state index is 0.0249. The number of allylic oxidation sites excluding steroid dienone is 2. The number of carbonyl (C=O) groups is 3. The molecule has 0 bridgehead atoms. The predicted octanol–water partition coefficient (Wildman–Crippen LogP) is 11.1. The number of hydrogen-bond acceptors (Lipinski definition) is 23. The van der Waals surface area contributed by atoms with E-state index in [0.29, 0.717) is 19.3 Å². The Hall–Kier alpha value is -2.30. The van der Waals surface area contributed by atoms with Gasteiger partial charge in [-0.15, -0.1) is 0 Å². The zero-order valence-electron chi connectivity index (χ0n) is 60.8. The topological polar surface area (TPSA) is 374 Å². The minimum Gasteiger partial charge on any atom is -0.463 e. The number of phosphoric ester groups is 1. The zero-order chi connectivity index (χ0) is 72.5. The fourth-order valence-electron chi connectivity index (χ4n) is 12.9. The van der Waals surface area contributed by atoms with Crippen LogP contribution in [0.3, 0.4) is 0 Å². The Balaban J connectivity index is 1.72. The molecule has 2 aliphatic heterocycles. The molecule has 0 aromatic rings. The second-order valence-corrected chi connectivity index (χ2v) is 29.5. The number of aliphatic hydroxyl groups is 10. The Morgan fingerprint density at radius 2 is 0.707 bits per heavy atom. The van der Waals surface area contributed by atoms with Crippen LogP contribution in [0.25, 0.3) is 0 Å². The van der Waals surface area contributed by atoms with Gasteiger partial charge in [-0.1, -0.05) is 258 Å².